The van der Waals surface area contributed by atoms with Gasteiger partial charge in [-0.25, -0.2) is 4.99 Å². The highest BCUT2D eigenvalue weighted by Crippen LogP contribution is 2.02. The lowest BCUT2D eigenvalue weighted by Gasteiger charge is -2.02. The first-order chi connectivity index (χ1) is 5.20. The maximum absolute atomic E-state index is 4.29. The van der Waals surface area contributed by atoms with Gasteiger partial charge in [-0.15, -0.1) is 0 Å². The Hall–Kier alpha value is -0.790. The van der Waals surface area contributed by atoms with Crippen LogP contribution >= 0.6 is 0 Å². The highest BCUT2D eigenvalue weighted by atomic mass is 15.1. The molecule has 2 nitrogen and oxygen atoms in total. The molecule has 64 valence electrons. The van der Waals surface area contributed by atoms with E-state index in [9.17, 15) is 0 Å². The molecule has 0 bridgehead atoms. The number of allylic oxidation sites excluding steroid dienone is 2. The van der Waals surface area contributed by atoms with Crippen LogP contribution in [0.3, 0.4) is 0 Å². The van der Waals surface area contributed by atoms with Gasteiger partial charge in [0.25, 0.3) is 0 Å². The molecular weight excluding hydrogens is 136 g/mol. The van der Waals surface area contributed by atoms with E-state index in [2.05, 4.69) is 24.9 Å². The number of aliphatic imine (C=N–C) groups is 1. The molecule has 11 heavy (non-hydrogen) atoms. The summed E-state index contributed by atoms with van der Waals surface area (Å²) in [5, 5.41) is 0. The first-order valence-corrected chi connectivity index (χ1v) is 4.10. The fourth-order valence-electron chi connectivity index (χ4n) is 0.714. The molecule has 0 radical (unpaired) electrons. The predicted molar refractivity (Wildman–Crippen MR) is 50.8 cm³/mol. The van der Waals surface area contributed by atoms with Crippen molar-refractivity contribution >= 4 is 6.34 Å². The van der Waals surface area contributed by atoms with Crippen molar-refractivity contribution in [1.29, 1.82) is 0 Å². The molecule has 0 aliphatic carbocycles. The Kier molecular flexibility index (Phi) is 5.53. The lowest BCUT2D eigenvalue weighted by molar-refractivity contribution is 0.641. The molecule has 0 saturated carbocycles. The topological polar surface area (TPSA) is 15.6 Å². The number of hydrogen-bond acceptors (Lipinski definition) is 1. The SMILES string of the molecule is CC/C=C(\CC)N=CN(C)C. The number of rotatable bonds is 4. The van der Waals surface area contributed by atoms with Gasteiger partial charge < -0.3 is 4.90 Å². The van der Waals surface area contributed by atoms with Crippen molar-refractivity contribution in [2.75, 3.05) is 14.1 Å². The summed E-state index contributed by atoms with van der Waals surface area (Å²) in [6.45, 7) is 4.25. The zero-order chi connectivity index (χ0) is 8.69. The molecular formula is C9H18N2. The van der Waals surface area contributed by atoms with Crippen LogP contribution in [0.15, 0.2) is 16.8 Å². The summed E-state index contributed by atoms with van der Waals surface area (Å²) >= 11 is 0. The maximum atomic E-state index is 4.29. The molecule has 0 saturated heterocycles. The van der Waals surface area contributed by atoms with Gasteiger partial charge in [0.15, 0.2) is 0 Å². The standard InChI is InChI=1S/C9H18N2/c1-5-7-9(6-2)10-8-11(3)4/h7-8H,5-6H2,1-4H3/b9-7+,10-8?. The monoisotopic (exact) mass is 154 g/mol. The van der Waals surface area contributed by atoms with Crippen LogP contribution in [0.4, 0.5) is 0 Å². The Labute approximate surface area is 69.6 Å². The molecule has 0 spiro atoms. The average Bonchev–Trinajstić information content (AvgIpc) is 1.97. The van der Waals surface area contributed by atoms with E-state index in [4.69, 9.17) is 0 Å². The van der Waals surface area contributed by atoms with E-state index in [-0.39, 0.29) is 0 Å². The van der Waals surface area contributed by atoms with Gasteiger partial charge in [-0.1, -0.05) is 19.9 Å². The van der Waals surface area contributed by atoms with E-state index in [1.807, 2.05) is 25.3 Å². The summed E-state index contributed by atoms with van der Waals surface area (Å²) < 4.78 is 0. The molecule has 0 aromatic heterocycles. The smallest absolute Gasteiger partial charge is 0.0902 e. The van der Waals surface area contributed by atoms with Crippen LogP contribution < -0.4 is 0 Å². The van der Waals surface area contributed by atoms with E-state index in [1.54, 1.807) is 0 Å². The normalized spacial score (nSPS) is 12.5. The predicted octanol–water partition coefficient (Wildman–Crippen LogP) is 2.28. The van der Waals surface area contributed by atoms with Crippen molar-refractivity contribution in [3.8, 4) is 0 Å². The first kappa shape index (κ1) is 10.2. The van der Waals surface area contributed by atoms with Crippen LogP contribution in [0.1, 0.15) is 26.7 Å². The molecule has 0 rings (SSSR count). The summed E-state index contributed by atoms with van der Waals surface area (Å²) in [6.07, 6.45) is 6.07. The van der Waals surface area contributed by atoms with Crippen molar-refractivity contribution in [1.82, 2.24) is 4.90 Å². The van der Waals surface area contributed by atoms with Gasteiger partial charge in [-0.05, 0) is 12.8 Å². The molecule has 0 aromatic carbocycles. The van der Waals surface area contributed by atoms with Crippen molar-refractivity contribution < 1.29 is 0 Å². The summed E-state index contributed by atoms with van der Waals surface area (Å²) in [4.78, 5) is 6.24. The summed E-state index contributed by atoms with van der Waals surface area (Å²) in [7, 11) is 3.95. The summed E-state index contributed by atoms with van der Waals surface area (Å²) in [5.74, 6) is 0. The number of nitrogens with zero attached hydrogens (tertiary/aromatic N) is 2. The Morgan fingerprint density at radius 2 is 2.00 bits per heavy atom. The van der Waals surface area contributed by atoms with E-state index in [1.165, 1.54) is 5.70 Å². The fraction of sp³-hybridized carbons (Fsp3) is 0.667. The van der Waals surface area contributed by atoms with E-state index >= 15 is 0 Å². The molecule has 2 heteroatoms. The van der Waals surface area contributed by atoms with Gasteiger partial charge in [-0.3, -0.25) is 0 Å². The van der Waals surface area contributed by atoms with Crippen LogP contribution in [-0.4, -0.2) is 25.3 Å². The molecule has 0 aliphatic rings. The van der Waals surface area contributed by atoms with Gasteiger partial charge in [0.1, 0.15) is 0 Å². The molecule has 0 aliphatic heterocycles. The third-order valence-electron chi connectivity index (χ3n) is 1.26. The minimum absolute atomic E-state index is 1.01. The highest BCUT2D eigenvalue weighted by Gasteiger charge is 1.86. The zero-order valence-electron chi connectivity index (χ0n) is 7.96. The quantitative estimate of drug-likeness (QED) is 0.448. The fourth-order valence-corrected chi connectivity index (χ4v) is 0.714. The van der Waals surface area contributed by atoms with Gasteiger partial charge in [-0.2, -0.15) is 0 Å². The molecule has 0 heterocycles. The second-order valence-electron chi connectivity index (χ2n) is 2.67. The highest BCUT2D eigenvalue weighted by molar-refractivity contribution is 5.55. The maximum Gasteiger partial charge on any atom is 0.0902 e. The van der Waals surface area contributed by atoms with Gasteiger partial charge in [0.05, 0.1) is 6.34 Å². The van der Waals surface area contributed by atoms with Crippen molar-refractivity contribution in [2.45, 2.75) is 26.7 Å². The number of hydrogen-bond donors (Lipinski definition) is 0. The zero-order valence-corrected chi connectivity index (χ0v) is 7.96. The van der Waals surface area contributed by atoms with E-state index in [0.29, 0.717) is 0 Å². The second kappa shape index (κ2) is 5.96. The van der Waals surface area contributed by atoms with Gasteiger partial charge >= 0.3 is 0 Å². The van der Waals surface area contributed by atoms with Crippen molar-refractivity contribution in [3.63, 3.8) is 0 Å². The van der Waals surface area contributed by atoms with Crippen LogP contribution in [-0.2, 0) is 0 Å². The minimum Gasteiger partial charge on any atom is -0.369 e. The second-order valence-corrected chi connectivity index (χ2v) is 2.67. The van der Waals surface area contributed by atoms with Crippen molar-refractivity contribution in [3.05, 3.63) is 11.8 Å². The average molecular weight is 154 g/mol. The first-order valence-electron chi connectivity index (χ1n) is 4.10. The Morgan fingerprint density at radius 1 is 1.36 bits per heavy atom. The molecule has 0 unspecified atom stereocenters. The minimum atomic E-state index is 1.01. The van der Waals surface area contributed by atoms with Crippen LogP contribution in [0.2, 0.25) is 0 Å². The molecule has 0 amide bonds. The van der Waals surface area contributed by atoms with Gasteiger partial charge in [0.2, 0.25) is 0 Å². The van der Waals surface area contributed by atoms with E-state index < -0.39 is 0 Å². The Morgan fingerprint density at radius 3 is 2.36 bits per heavy atom. The lowest BCUT2D eigenvalue weighted by Crippen LogP contribution is -2.07. The molecule has 0 aromatic rings. The Balaban J connectivity index is 3.97. The van der Waals surface area contributed by atoms with Crippen molar-refractivity contribution in [2.24, 2.45) is 4.99 Å². The van der Waals surface area contributed by atoms with Crippen LogP contribution in [0.25, 0.3) is 0 Å². The third-order valence-corrected chi connectivity index (χ3v) is 1.26. The molecule has 0 N–H and O–H groups in total. The summed E-state index contributed by atoms with van der Waals surface area (Å²) in [6, 6.07) is 0. The largest absolute Gasteiger partial charge is 0.369 e. The van der Waals surface area contributed by atoms with Crippen LogP contribution in [0.5, 0.6) is 0 Å². The Bertz CT molecular complexity index is 146. The third kappa shape index (κ3) is 5.64. The molecule has 0 atom stereocenters. The van der Waals surface area contributed by atoms with Crippen LogP contribution in [0, 0.1) is 0 Å². The molecule has 0 fully saturated rings. The summed E-state index contributed by atoms with van der Waals surface area (Å²) in [5.41, 5.74) is 1.17. The van der Waals surface area contributed by atoms with E-state index in [0.717, 1.165) is 12.8 Å². The lowest BCUT2D eigenvalue weighted by atomic mass is 10.3. The van der Waals surface area contributed by atoms with Gasteiger partial charge in [0, 0.05) is 19.8 Å².